The van der Waals surface area contributed by atoms with Crippen molar-refractivity contribution in [2.45, 2.75) is 11.3 Å². The Morgan fingerprint density at radius 3 is 3.06 bits per heavy atom. The lowest BCUT2D eigenvalue weighted by atomic mass is 10.2. The average Bonchev–Trinajstić information content (AvgIpc) is 2.73. The van der Waals surface area contributed by atoms with Gasteiger partial charge in [0.25, 0.3) is 0 Å². The van der Waals surface area contributed by atoms with Crippen LogP contribution in [0.15, 0.2) is 35.4 Å². The molecular weight excluding hydrogens is 222 g/mol. The number of H-pyrrole nitrogens is 1. The lowest BCUT2D eigenvalue weighted by Crippen LogP contribution is -2.00. The summed E-state index contributed by atoms with van der Waals surface area (Å²) in [5, 5.41) is 1.21. The van der Waals surface area contributed by atoms with Gasteiger partial charge in [-0.25, -0.2) is 0 Å². The lowest BCUT2D eigenvalue weighted by Gasteiger charge is -1.99. The van der Waals surface area contributed by atoms with Crippen LogP contribution in [0.5, 0.6) is 0 Å². The molecule has 84 valence electrons. The van der Waals surface area contributed by atoms with E-state index in [0.717, 1.165) is 11.3 Å². The maximum atomic E-state index is 11.0. The number of nitrogens with one attached hydrogen (secondary N) is 1. The van der Waals surface area contributed by atoms with Crippen LogP contribution in [0.4, 0.5) is 0 Å². The molecule has 0 bridgehead atoms. The van der Waals surface area contributed by atoms with E-state index in [9.17, 15) is 4.79 Å². The fourth-order valence-corrected chi connectivity index (χ4v) is 2.48. The van der Waals surface area contributed by atoms with Gasteiger partial charge in [-0.3, -0.25) is 4.79 Å². The number of esters is 1. The van der Waals surface area contributed by atoms with Crippen LogP contribution in [0.25, 0.3) is 10.9 Å². The van der Waals surface area contributed by atoms with Crippen molar-refractivity contribution in [1.82, 2.24) is 4.98 Å². The summed E-state index contributed by atoms with van der Waals surface area (Å²) in [7, 11) is 1.42. The Labute approximate surface area is 98.2 Å². The highest BCUT2D eigenvalue weighted by Gasteiger charge is 2.05. The molecule has 1 heterocycles. The first-order valence-corrected chi connectivity index (χ1v) is 6.05. The summed E-state index contributed by atoms with van der Waals surface area (Å²) in [5.74, 6) is 0.585. The minimum atomic E-state index is -0.160. The fourth-order valence-electron chi connectivity index (χ4n) is 1.51. The highest BCUT2D eigenvalue weighted by molar-refractivity contribution is 7.99. The molecule has 0 spiro atoms. The third kappa shape index (κ3) is 2.39. The average molecular weight is 235 g/mol. The quantitative estimate of drug-likeness (QED) is 0.654. The number of carbonyl (C=O) groups is 1. The van der Waals surface area contributed by atoms with Gasteiger partial charge in [-0.1, -0.05) is 18.2 Å². The third-order valence-electron chi connectivity index (χ3n) is 2.34. The molecule has 0 saturated heterocycles. The van der Waals surface area contributed by atoms with Crippen molar-refractivity contribution in [3.05, 3.63) is 30.5 Å². The maximum absolute atomic E-state index is 11.0. The van der Waals surface area contributed by atoms with Gasteiger partial charge < -0.3 is 9.72 Å². The topological polar surface area (TPSA) is 42.1 Å². The van der Waals surface area contributed by atoms with E-state index in [1.165, 1.54) is 17.4 Å². The smallest absolute Gasteiger partial charge is 0.306 e. The third-order valence-corrected chi connectivity index (χ3v) is 3.40. The Hall–Kier alpha value is -1.42. The monoisotopic (exact) mass is 235 g/mol. The van der Waals surface area contributed by atoms with Crippen LogP contribution in [-0.4, -0.2) is 23.8 Å². The zero-order valence-electron chi connectivity index (χ0n) is 9.03. The minimum absolute atomic E-state index is 0.160. The van der Waals surface area contributed by atoms with Crippen molar-refractivity contribution in [3.8, 4) is 0 Å². The SMILES string of the molecule is COC(=O)CCSc1c[nH]c2ccccc12. The second-order valence-electron chi connectivity index (χ2n) is 3.37. The second-order valence-corrected chi connectivity index (χ2v) is 4.51. The number of hydrogen-bond acceptors (Lipinski definition) is 3. The van der Waals surface area contributed by atoms with Crippen LogP contribution in [0.2, 0.25) is 0 Å². The number of benzene rings is 1. The molecule has 3 nitrogen and oxygen atoms in total. The van der Waals surface area contributed by atoms with Crippen molar-refractivity contribution in [2.75, 3.05) is 12.9 Å². The number of hydrogen-bond donors (Lipinski definition) is 1. The number of para-hydroxylation sites is 1. The van der Waals surface area contributed by atoms with Crippen molar-refractivity contribution in [1.29, 1.82) is 0 Å². The van der Waals surface area contributed by atoms with E-state index in [-0.39, 0.29) is 5.97 Å². The molecule has 2 rings (SSSR count). The number of ether oxygens (including phenoxy) is 1. The summed E-state index contributed by atoms with van der Waals surface area (Å²) in [6.45, 7) is 0. The second kappa shape index (κ2) is 5.07. The molecule has 0 saturated carbocycles. The van der Waals surface area contributed by atoms with Crippen molar-refractivity contribution in [3.63, 3.8) is 0 Å². The molecular formula is C12H13NO2S. The normalized spacial score (nSPS) is 10.6. The molecule has 1 aromatic heterocycles. The van der Waals surface area contributed by atoms with E-state index in [0.29, 0.717) is 6.42 Å². The first-order valence-electron chi connectivity index (χ1n) is 5.07. The Kier molecular flexibility index (Phi) is 3.51. The first kappa shape index (κ1) is 11.1. The van der Waals surface area contributed by atoms with Crippen LogP contribution >= 0.6 is 11.8 Å². The highest BCUT2D eigenvalue weighted by Crippen LogP contribution is 2.27. The van der Waals surface area contributed by atoms with E-state index in [4.69, 9.17) is 0 Å². The van der Waals surface area contributed by atoms with E-state index in [2.05, 4.69) is 15.8 Å². The predicted octanol–water partition coefficient (Wildman–Crippen LogP) is 2.82. The highest BCUT2D eigenvalue weighted by atomic mass is 32.2. The predicted molar refractivity (Wildman–Crippen MR) is 65.7 cm³/mol. The summed E-state index contributed by atoms with van der Waals surface area (Å²) in [4.78, 5) is 15.3. The number of methoxy groups -OCH3 is 1. The van der Waals surface area contributed by atoms with E-state index < -0.39 is 0 Å². The largest absolute Gasteiger partial charge is 0.469 e. The molecule has 0 atom stereocenters. The first-order chi connectivity index (χ1) is 7.81. The minimum Gasteiger partial charge on any atom is -0.469 e. The standard InChI is InChI=1S/C12H13NO2S/c1-15-12(14)6-7-16-11-8-13-10-5-3-2-4-9(10)11/h2-5,8,13H,6-7H2,1H3. The molecule has 0 unspecified atom stereocenters. The summed E-state index contributed by atoms with van der Waals surface area (Å²) >= 11 is 1.67. The summed E-state index contributed by atoms with van der Waals surface area (Å²) in [6.07, 6.45) is 2.42. The number of carbonyl (C=O) groups excluding carboxylic acids is 1. The summed E-state index contributed by atoms with van der Waals surface area (Å²) in [5.41, 5.74) is 1.13. The van der Waals surface area contributed by atoms with Crippen LogP contribution in [0, 0.1) is 0 Å². The number of aromatic amines is 1. The van der Waals surface area contributed by atoms with Gasteiger partial charge in [0, 0.05) is 27.7 Å². The lowest BCUT2D eigenvalue weighted by molar-refractivity contribution is -0.140. The molecule has 1 N–H and O–H groups in total. The molecule has 0 aliphatic carbocycles. The van der Waals surface area contributed by atoms with Crippen LogP contribution < -0.4 is 0 Å². The molecule has 0 amide bonds. The Balaban J connectivity index is 2.02. The van der Waals surface area contributed by atoms with Gasteiger partial charge in [-0.15, -0.1) is 11.8 Å². The Morgan fingerprint density at radius 1 is 1.44 bits per heavy atom. The van der Waals surface area contributed by atoms with Gasteiger partial charge >= 0.3 is 5.97 Å². The van der Waals surface area contributed by atoms with E-state index in [1.54, 1.807) is 11.8 Å². The van der Waals surface area contributed by atoms with Gasteiger partial charge in [0.05, 0.1) is 13.5 Å². The van der Waals surface area contributed by atoms with Crippen molar-refractivity contribution >= 4 is 28.6 Å². The molecule has 0 aliphatic rings. The van der Waals surface area contributed by atoms with Gasteiger partial charge in [-0.2, -0.15) is 0 Å². The van der Waals surface area contributed by atoms with Gasteiger partial charge in [0.15, 0.2) is 0 Å². The van der Waals surface area contributed by atoms with Crippen molar-refractivity contribution in [2.24, 2.45) is 0 Å². The number of rotatable bonds is 4. The van der Waals surface area contributed by atoms with Gasteiger partial charge in [0.1, 0.15) is 0 Å². The van der Waals surface area contributed by atoms with Gasteiger partial charge in [-0.05, 0) is 6.07 Å². The molecule has 0 fully saturated rings. The zero-order valence-corrected chi connectivity index (χ0v) is 9.84. The Bertz CT molecular complexity index is 492. The zero-order chi connectivity index (χ0) is 11.4. The number of aromatic nitrogens is 1. The molecule has 0 aliphatic heterocycles. The number of fused-ring (bicyclic) bond motifs is 1. The molecule has 0 radical (unpaired) electrons. The Morgan fingerprint density at radius 2 is 2.25 bits per heavy atom. The fraction of sp³-hybridized carbons (Fsp3) is 0.250. The van der Waals surface area contributed by atoms with Crippen LogP contribution in [-0.2, 0) is 9.53 Å². The molecule has 2 aromatic rings. The van der Waals surface area contributed by atoms with Crippen LogP contribution in [0.3, 0.4) is 0 Å². The van der Waals surface area contributed by atoms with Crippen LogP contribution in [0.1, 0.15) is 6.42 Å². The summed E-state index contributed by atoms with van der Waals surface area (Å²) < 4.78 is 4.60. The van der Waals surface area contributed by atoms with Gasteiger partial charge in [0.2, 0.25) is 0 Å². The molecule has 1 aromatic carbocycles. The molecule has 4 heteroatoms. The van der Waals surface area contributed by atoms with E-state index in [1.807, 2.05) is 24.4 Å². The van der Waals surface area contributed by atoms with Crippen molar-refractivity contribution < 1.29 is 9.53 Å². The maximum Gasteiger partial charge on any atom is 0.306 e. The summed E-state index contributed by atoms with van der Waals surface area (Å²) in [6, 6.07) is 8.13. The number of thioether (sulfide) groups is 1. The molecule has 16 heavy (non-hydrogen) atoms. The van der Waals surface area contributed by atoms with E-state index >= 15 is 0 Å².